The van der Waals surface area contributed by atoms with Gasteiger partial charge in [0.1, 0.15) is 11.2 Å². The summed E-state index contributed by atoms with van der Waals surface area (Å²) in [7, 11) is 0. The molecule has 4 aromatic carbocycles. The SMILES string of the molecule is BrC1NN1C1NC=C(c2ccc3ccccc3c2)C=C1c1ccc2ccccc2c1. The van der Waals surface area contributed by atoms with Crippen molar-refractivity contribution in [1.82, 2.24) is 15.8 Å². The second-order valence-electron chi connectivity index (χ2n) is 7.76. The highest BCUT2D eigenvalue weighted by Crippen LogP contribution is 2.35. The van der Waals surface area contributed by atoms with E-state index in [0.29, 0.717) is 0 Å². The van der Waals surface area contributed by atoms with Gasteiger partial charge in [0.25, 0.3) is 0 Å². The number of dihydropyridines is 1. The molecule has 3 unspecified atom stereocenters. The van der Waals surface area contributed by atoms with E-state index < -0.39 is 0 Å². The fourth-order valence-electron chi connectivity index (χ4n) is 4.22. The first kappa shape index (κ1) is 17.9. The molecule has 6 rings (SSSR count). The summed E-state index contributed by atoms with van der Waals surface area (Å²) in [4.78, 5) is 0. The minimum Gasteiger partial charge on any atom is -0.370 e. The number of hydrogen-bond acceptors (Lipinski definition) is 3. The lowest BCUT2D eigenvalue weighted by Crippen LogP contribution is -2.37. The lowest BCUT2D eigenvalue weighted by atomic mass is 9.92. The monoisotopic (exact) mass is 453 g/mol. The molecule has 4 heteroatoms. The Morgan fingerprint density at radius 3 is 1.90 bits per heavy atom. The van der Waals surface area contributed by atoms with Crippen molar-refractivity contribution in [1.29, 1.82) is 0 Å². The normalized spacial score (nSPS) is 23.0. The van der Waals surface area contributed by atoms with E-state index in [9.17, 15) is 0 Å². The maximum absolute atomic E-state index is 3.64. The fraction of sp³-hybridized carbons (Fsp3) is 0.0769. The maximum Gasteiger partial charge on any atom is 0.145 e. The van der Waals surface area contributed by atoms with Crippen LogP contribution in [0.2, 0.25) is 0 Å². The number of rotatable bonds is 3. The van der Waals surface area contributed by atoms with Crippen LogP contribution in [0, 0.1) is 0 Å². The predicted octanol–water partition coefficient (Wildman–Crippen LogP) is 5.85. The Morgan fingerprint density at radius 1 is 0.700 bits per heavy atom. The lowest BCUT2D eigenvalue weighted by molar-refractivity contribution is 0.404. The molecule has 30 heavy (non-hydrogen) atoms. The van der Waals surface area contributed by atoms with Gasteiger partial charge in [-0.05, 0) is 62.0 Å². The van der Waals surface area contributed by atoms with E-state index in [1.807, 2.05) is 0 Å². The third-order valence-corrected chi connectivity index (χ3v) is 6.52. The molecular formula is C26H20BrN3. The van der Waals surface area contributed by atoms with Crippen LogP contribution in [-0.4, -0.2) is 16.2 Å². The number of hydrazine groups is 1. The molecular weight excluding hydrogens is 434 g/mol. The van der Waals surface area contributed by atoms with Gasteiger partial charge in [-0.3, -0.25) is 0 Å². The van der Waals surface area contributed by atoms with Crippen LogP contribution in [0.4, 0.5) is 0 Å². The van der Waals surface area contributed by atoms with Gasteiger partial charge in [-0.2, -0.15) is 5.01 Å². The molecule has 146 valence electrons. The Kier molecular flexibility index (Phi) is 4.23. The zero-order valence-corrected chi connectivity index (χ0v) is 17.8. The molecule has 0 aliphatic carbocycles. The summed E-state index contributed by atoms with van der Waals surface area (Å²) >= 11 is 3.64. The molecule has 0 bridgehead atoms. The summed E-state index contributed by atoms with van der Waals surface area (Å²) < 4.78 is 0. The van der Waals surface area contributed by atoms with Gasteiger partial charge in [-0.1, -0.05) is 88.7 Å². The minimum absolute atomic E-state index is 0.0692. The molecule has 0 amide bonds. The molecule has 2 heterocycles. The van der Waals surface area contributed by atoms with Gasteiger partial charge < -0.3 is 5.32 Å². The number of fused-ring (bicyclic) bond motifs is 2. The Balaban J connectivity index is 1.45. The van der Waals surface area contributed by atoms with Crippen molar-refractivity contribution >= 4 is 48.6 Å². The highest BCUT2D eigenvalue weighted by Gasteiger charge is 2.40. The van der Waals surface area contributed by atoms with Crippen molar-refractivity contribution in [2.24, 2.45) is 0 Å². The van der Waals surface area contributed by atoms with Crippen molar-refractivity contribution < 1.29 is 0 Å². The average molecular weight is 454 g/mol. The first-order valence-corrected chi connectivity index (χ1v) is 11.0. The third-order valence-electron chi connectivity index (χ3n) is 5.88. The number of benzene rings is 4. The largest absolute Gasteiger partial charge is 0.370 e. The number of hydrogen-bond donors (Lipinski definition) is 2. The number of allylic oxidation sites excluding steroid dienone is 2. The number of halogens is 1. The average Bonchev–Trinajstić information content (AvgIpc) is 3.54. The first-order chi connectivity index (χ1) is 14.8. The molecule has 4 aromatic rings. The molecule has 2 aliphatic heterocycles. The minimum atomic E-state index is 0.0692. The summed E-state index contributed by atoms with van der Waals surface area (Å²) in [5, 5.41) is 11.0. The summed E-state index contributed by atoms with van der Waals surface area (Å²) in [6, 6.07) is 30.4. The van der Waals surface area contributed by atoms with E-state index in [2.05, 4.69) is 129 Å². The molecule has 1 fully saturated rings. The van der Waals surface area contributed by atoms with Crippen LogP contribution in [0.1, 0.15) is 11.1 Å². The van der Waals surface area contributed by atoms with Crippen molar-refractivity contribution in [2.75, 3.05) is 0 Å². The number of alkyl halides is 1. The van der Waals surface area contributed by atoms with Gasteiger partial charge in [0.05, 0.1) is 0 Å². The van der Waals surface area contributed by atoms with E-state index in [-0.39, 0.29) is 11.2 Å². The van der Waals surface area contributed by atoms with Crippen LogP contribution in [-0.2, 0) is 0 Å². The fourth-order valence-corrected chi connectivity index (χ4v) is 4.69. The van der Waals surface area contributed by atoms with E-state index in [1.165, 1.54) is 43.8 Å². The maximum atomic E-state index is 3.64. The Bertz CT molecular complexity index is 1340. The van der Waals surface area contributed by atoms with E-state index in [0.717, 1.165) is 0 Å². The topological polar surface area (TPSA) is 37.0 Å². The molecule has 3 nitrogen and oxygen atoms in total. The Labute approximate surface area is 183 Å². The van der Waals surface area contributed by atoms with Crippen molar-refractivity contribution in [2.45, 2.75) is 11.2 Å². The Hall–Kier alpha value is -2.92. The molecule has 0 saturated carbocycles. The van der Waals surface area contributed by atoms with Crippen LogP contribution in [0.5, 0.6) is 0 Å². The van der Waals surface area contributed by atoms with Crippen molar-refractivity contribution in [3.8, 4) is 0 Å². The molecule has 2 aliphatic rings. The quantitative estimate of drug-likeness (QED) is 0.232. The molecule has 0 aromatic heterocycles. The molecule has 3 atom stereocenters. The highest BCUT2D eigenvalue weighted by molar-refractivity contribution is 9.09. The van der Waals surface area contributed by atoms with Crippen LogP contribution in [0.15, 0.2) is 97.2 Å². The van der Waals surface area contributed by atoms with Crippen LogP contribution in [0.25, 0.3) is 32.7 Å². The molecule has 0 radical (unpaired) electrons. The molecule has 1 saturated heterocycles. The van der Waals surface area contributed by atoms with Crippen molar-refractivity contribution in [3.05, 3.63) is 108 Å². The smallest absolute Gasteiger partial charge is 0.145 e. The zero-order valence-electron chi connectivity index (χ0n) is 16.2. The van der Waals surface area contributed by atoms with Crippen molar-refractivity contribution in [3.63, 3.8) is 0 Å². The second kappa shape index (κ2) is 7.10. The second-order valence-corrected chi connectivity index (χ2v) is 8.63. The molecule has 0 spiro atoms. The summed E-state index contributed by atoms with van der Waals surface area (Å²) in [5.41, 5.74) is 8.22. The van der Waals surface area contributed by atoms with Crippen LogP contribution < -0.4 is 10.7 Å². The first-order valence-electron chi connectivity index (χ1n) is 10.1. The van der Waals surface area contributed by atoms with E-state index in [4.69, 9.17) is 0 Å². The lowest BCUT2D eigenvalue weighted by Gasteiger charge is -2.27. The summed E-state index contributed by atoms with van der Waals surface area (Å²) in [6.07, 6.45) is 4.51. The number of nitrogens with one attached hydrogen (secondary N) is 2. The predicted molar refractivity (Wildman–Crippen MR) is 128 cm³/mol. The van der Waals surface area contributed by atoms with Gasteiger partial charge in [-0.15, -0.1) is 0 Å². The van der Waals surface area contributed by atoms with Gasteiger partial charge in [0.2, 0.25) is 0 Å². The standard InChI is InChI=1S/C26H20BrN3/c27-26-29-30(26)25-24(22-12-10-18-6-2-4-8-20(18)14-22)15-23(16-28-25)21-11-9-17-5-1-3-7-19(17)13-21/h1-16,25-26,28-29H. The number of nitrogens with zero attached hydrogens (tertiary/aromatic N) is 1. The molecule has 2 N–H and O–H groups in total. The van der Waals surface area contributed by atoms with Gasteiger partial charge in [0.15, 0.2) is 0 Å². The zero-order chi connectivity index (χ0) is 20.1. The van der Waals surface area contributed by atoms with E-state index in [1.54, 1.807) is 0 Å². The van der Waals surface area contributed by atoms with Gasteiger partial charge in [-0.25, -0.2) is 5.43 Å². The Morgan fingerprint density at radius 2 is 1.27 bits per heavy atom. The van der Waals surface area contributed by atoms with Gasteiger partial charge >= 0.3 is 0 Å². The van der Waals surface area contributed by atoms with Gasteiger partial charge in [0, 0.05) is 6.20 Å². The van der Waals surface area contributed by atoms with Crippen LogP contribution >= 0.6 is 15.9 Å². The van der Waals surface area contributed by atoms with Crippen LogP contribution in [0.3, 0.4) is 0 Å². The summed E-state index contributed by atoms with van der Waals surface area (Å²) in [6.45, 7) is 0. The van der Waals surface area contributed by atoms with E-state index >= 15 is 0 Å². The highest BCUT2D eigenvalue weighted by atomic mass is 79.9. The third kappa shape index (κ3) is 3.14. The summed E-state index contributed by atoms with van der Waals surface area (Å²) in [5.74, 6) is 0.